The van der Waals surface area contributed by atoms with Crippen LogP contribution in [0.4, 0.5) is 0 Å². The molecule has 5 nitrogen and oxygen atoms in total. The largest absolute Gasteiger partial charge is 0.480 e. The lowest BCUT2D eigenvalue weighted by molar-refractivity contribution is -0.145. The van der Waals surface area contributed by atoms with Gasteiger partial charge in [-0.2, -0.15) is 0 Å². The van der Waals surface area contributed by atoms with Gasteiger partial charge in [0.25, 0.3) is 0 Å². The van der Waals surface area contributed by atoms with E-state index in [4.69, 9.17) is 5.11 Å². The van der Waals surface area contributed by atoms with Crippen molar-refractivity contribution < 1.29 is 14.7 Å². The Balaban J connectivity index is 2.71. The Labute approximate surface area is 70.4 Å². The van der Waals surface area contributed by atoms with Crippen molar-refractivity contribution in [1.82, 2.24) is 10.2 Å². The third-order valence-corrected chi connectivity index (χ3v) is 1.94. The number of rotatable bonds is 2. The smallest absolute Gasteiger partial charge is 0.323 e. The molecule has 0 aromatic rings. The van der Waals surface area contributed by atoms with Crippen molar-refractivity contribution in [1.29, 1.82) is 0 Å². The fraction of sp³-hybridized carbons (Fsp3) is 0.714. The first-order chi connectivity index (χ1) is 5.43. The topological polar surface area (TPSA) is 69.6 Å². The molecule has 1 heterocycles. The maximum absolute atomic E-state index is 11.1. The lowest BCUT2D eigenvalue weighted by Crippen LogP contribution is -2.48. The van der Waals surface area contributed by atoms with Crippen LogP contribution in [0.1, 0.15) is 13.8 Å². The number of nitrogens with zero attached hydrogens (tertiary/aromatic N) is 1. The van der Waals surface area contributed by atoms with Crippen LogP contribution in [0.2, 0.25) is 0 Å². The highest BCUT2D eigenvalue weighted by Crippen LogP contribution is 2.15. The average Bonchev–Trinajstić information content (AvgIpc) is 2.15. The van der Waals surface area contributed by atoms with Crippen molar-refractivity contribution in [3.63, 3.8) is 0 Å². The number of nitrogens with one attached hydrogen (secondary N) is 1. The molecule has 1 aliphatic heterocycles. The molecule has 0 aliphatic carbocycles. The summed E-state index contributed by atoms with van der Waals surface area (Å²) in [6.45, 7) is 3.54. The Kier molecular flexibility index (Phi) is 2.06. The molecule has 12 heavy (non-hydrogen) atoms. The molecule has 1 aliphatic rings. The number of carboxylic acids is 1. The molecule has 1 amide bonds. The van der Waals surface area contributed by atoms with Gasteiger partial charge in [0.2, 0.25) is 5.91 Å². The Morgan fingerprint density at radius 1 is 1.75 bits per heavy atom. The zero-order valence-corrected chi connectivity index (χ0v) is 7.13. The summed E-state index contributed by atoms with van der Waals surface area (Å²) in [6, 6.07) is 0. The van der Waals surface area contributed by atoms with E-state index in [-0.39, 0.29) is 19.0 Å². The molecular formula is C7H12N2O3. The minimum atomic E-state index is -0.986. The Morgan fingerprint density at radius 2 is 2.33 bits per heavy atom. The van der Waals surface area contributed by atoms with Crippen molar-refractivity contribution in [2.45, 2.75) is 19.5 Å². The summed E-state index contributed by atoms with van der Waals surface area (Å²) >= 11 is 0. The molecule has 0 spiro atoms. The van der Waals surface area contributed by atoms with E-state index in [0.29, 0.717) is 0 Å². The number of carbonyl (C=O) groups excluding carboxylic acids is 1. The van der Waals surface area contributed by atoms with E-state index in [9.17, 15) is 9.59 Å². The van der Waals surface area contributed by atoms with Crippen molar-refractivity contribution in [3.8, 4) is 0 Å². The third kappa shape index (κ3) is 1.55. The zero-order chi connectivity index (χ0) is 9.35. The van der Waals surface area contributed by atoms with E-state index >= 15 is 0 Å². The highest BCUT2D eigenvalue weighted by molar-refractivity contribution is 5.85. The molecule has 68 valence electrons. The predicted molar refractivity (Wildman–Crippen MR) is 41.4 cm³/mol. The molecule has 0 aromatic carbocycles. The van der Waals surface area contributed by atoms with E-state index in [1.54, 1.807) is 13.8 Å². The molecule has 0 radical (unpaired) electrons. The lowest BCUT2D eigenvalue weighted by atomic mass is 10.2. The van der Waals surface area contributed by atoms with Crippen molar-refractivity contribution in [2.75, 3.05) is 13.1 Å². The number of amides is 1. The minimum absolute atomic E-state index is 0.164. The Morgan fingerprint density at radius 3 is 2.67 bits per heavy atom. The molecule has 5 heteroatoms. The minimum Gasteiger partial charge on any atom is -0.480 e. The van der Waals surface area contributed by atoms with Gasteiger partial charge in [0, 0.05) is 0 Å². The van der Waals surface area contributed by atoms with Crippen LogP contribution in [0.5, 0.6) is 0 Å². The fourth-order valence-corrected chi connectivity index (χ4v) is 1.22. The van der Waals surface area contributed by atoms with Gasteiger partial charge in [-0.3, -0.25) is 14.9 Å². The molecule has 1 rings (SSSR count). The lowest BCUT2D eigenvalue weighted by Gasteiger charge is -2.29. The molecule has 0 unspecified atom stereocenters. The van der Waals surface area contributed by atoms with E-state index in [0.717, 1.165) is 0 Å². The Bertz CT molecular complexity index is 225. The van der Waals surface area contributed by atoms with Crippen LogP contribution < -0.4 is 5.32 Å². The zero-order valence-electron chi connectivity index (χ0n) is 7.13. The highest BCUT2D eigenvalue weighted by Gasteiger charge is 2.37. The summed E-state index contributed by atoms with van der Waals surface area (Å²) in [7, 11) is 0. The molecule has 0 bridgehead atoms. The van der Waals surface area contributed by atoms with Gasteiger partial charge in [-0.25, -0.2) is 0 Å². The summed E-state index contributed by atoms with van der Waals surface area (Å²) < 4.78 is 0. The molecule has 1 saturated heterocycles. The van der Waals surface area contributed by atoms with Crippen LogP contribution in [0.15, 0.2) is 0 Å². The van der Waals surface area contributed by atoms with E-state index in [1.807, 2.05) is 0 Å². The summed E-state index contributed by atoms with van der Waals surface area (Å²) in [5.41, 5.74) is -0.532. The number of carboxylic acid groups (broad SMARTS) is 1. The molecule has 0 aromatic heterocycles. The van der Waals surface area contributed by atoms with Crippen LogP contribution in [0, 0.1) is 0 Å². The van der Waals surface area contributed by atoms with Gasteiger partial charge < -0.3 is 10.0 Å². The fourth-order valence-electron chi connectivity index (χ4n) is 1.22. The molecular weight excluding hydrogens is 160 g/mol. The summed E-state index contributed by atoms with van der Waals surface area (Å²) in [4.78, 5) is 22.8. The normalized spacial score (nSPS) is 21.5. The highest BCUT2D eigenvalue weighted by atomic mass is 16.4. The number of carbonyl (C=O) groups is 2. The summed E-state index contributed by atoms with van der Waals surface area (Å²) in [5.74, 6) is -1.15. The monoisotopic (exact) mass is 172 g/mol. The second-order valence-corrected chi connectivity index (χ2v) is 3.29. The van der Waals surface area contributed by atoms with Gasteiger partial charge in [0.1, 0.15) is 6.54 Å². The van der Waals surface area contributed by atoms with Crippen molar-refractivity contribution in [3.05, 3.63) is 0 Å². The van der Waals surface area contributed by atoms with Crippen LogP contribution in [0.3, 0.4) is 0 Å². The second-order valence-electron chi connectivity index (χ2n) is 3.29. The van der Waals surface area contributed by atoms with E-state index < -0.39 is 11.6 Å². The first kappa shape index (κ1) is 8.99. The van der Waals surface area contributed by atoms with Gasteiger partial charge in [-0.05, 0) is 13.8 Å². The molecule has 0 atom stereocenters. The number of hydrogen-bond acceptors (Lipinski definition) is 3. The van der Waals surface area contributed by atoms with Gasteiger partial charge >= 0.3 is 5.97 Å². The summed E-state index contributed by atoms with van der Waals surface area (Å²) in [6.07, 6.45) is 0. The summed E-state index contributed by atoms with van der Waals surface area (Å²) in [5, 5.41) is 11.4. The van der Waals surface area contributed by atoms with E-state index in [2.05, 4.69) is 5.32 Å². The van der Waals surface area contributed by atoms with Gasteiger partial charge in [-0.15, -0.1) is 0 Å². The van der Waals surface area contributed by atoms with Crippen molar-refractivity contribution >= 4 is 11.9 Å². The molecule has 0 saturated carbocycles. The van der Waals surface area contributed by atoms with Gasteiger partial charge in [-0.1, -0.05) is 0 Å². The molecule has 1 fully saturated rings. The number of aliphatic carboxylic acids is 1. The van der Waals surface area contributed by atoms with Crippen LogP contribution in [0.25, 0.3) is 0 Å². The maximum atomic E-state index is 11.1. The van der Waals surface area contributed by atoms with Crippen LogP contribution in [-0.4, -0.2) is 40.6 Å². The van der Waals surface area contributed by atoms with Gasteiger partial charge in [0.15, 0.2) is 0 Å². The van der Waals surface area contributed by atoms with Crippen LogP contribution >= 0.6 is 0 Å². The maximum Gasteiger partial charge on any atom is 0.323 e. The van der Waals surface area contributed by atoms with E-state index in [1.165, 1.54) is 4.90 Å². The second kappa shape index (κ2) is 2.75. The molecule has 2 N–H and O–H groups in total. The van der Waals surface area contributed by atoms with Gasteiger partial charge in [0.05, 0.1) is 12.2 Å². The average molecular weight is 172 g/mol. The SMILES string of the molecule is CC1(C)NCC(=O)N1CC(=O)O. The standard InChI is InChI=1S/C7H12N2O3/c1-7(2)8-3-5(10)9(7)4-6(11)12/h8H,3-4H2,1-2H3,(H,11,12). The third-order valence-electron chi connectivity index (χ3n) is 1.94. The van der Waals surface area contributed by atoms with Crippen LogP contribution in [-0.2, 0) is 9.59 Å². The Hall–Kier alpha value is -1.10. The predicted octanol–water partition coefficient (Wildman–Crippen LogP) is -0.761. The quantitative estimate of drug-likeness (QED) is 0.574. The number of hydrogen-bond donors (Lipinski definition) is 2. The first-order valence-electron chi connectivity index (χ1n) is 3.71. The van der Waals surface area contributed by atoms with Crippen molar-refractivity contribution in [2.24, 2.45) is 0 Å². The first-order valence-corrected chi connectivity index (χ1v) is 3.71.